The normalized spacial score (nSPS) is 19.6. The Hall–Kier alpha value is -2.28. The van der Waals surface area contributed by atoms with Gasteiger partial charge in [0.2, 0.25) is 0 Å². The second-order valence-corrected chi connectivity index (χ2v) is 5.85. The Kier molecular flexibility index (Phi) is 5.53. The molecule has 3 rings (SSSR count). The number of hydroxylamine groups is 2. The van der Waals surface area contributed by atoms with Gasteiger partial charge in [-0.15, -0.1) is 5.06 Å². The van der Waals surface area contributed by atoms with Crippen LogP contribution in [0.5, 0.6) is 0 Å². The number of pyridine rings is 1. The highest BCUT2D eigenvalue weighted by Crippen LogP contribution is 2.22. The fourth-order valence-electron chi connectivity index (χ4n) is 2.80. The lowest BCUT2D eigenvalue weighted by molar-refractivity contribution is -0.208. The van der Waals surface area contributed by atoms with Gasteiger partial charge in [0, 0.05) is 32.0 Å². The maximum Gasteiger partial charge on any atom is 0.342 e. The molecule has 1 saturated heterocycles. The number of piperazine rings is 1. The average Bonchev–Trinajstić information content (AvgIpc) is 2.63. The summed E-state index contributed by atoms with van der Waals surface area (Å²) in [6, 6.07) is 12.9. The number of rotatable bonds is 5. The molecule has 0 bridgehead atoms. The predicted molar refractivity (Wildman–Crippen MR) is 90.8 cm³/mol. The van der Waals surface area contributed by atoms with Crippen LogP contribution < -0.4 is 11.1 Å². The van der Waals surface area contributed by atoms with Gasteiger partial charge < -0.3 is 15.9 Å². The number of nitrogens with zero attached hydrogens (tertiary/aromatic N) is 2. The fourth-order valence-corrected chi connectivity index (χ4v) is 2.80. The zero-order chi connectivity index (χ0) is 16.8. The molecule has 0 radical (unpaired) electrons. The Balaban J connectivity index is 1.63. The molecule has 1 aromatic heterocycles. The van der Waals surface area contributed by atoms with E-state index in [1.807, 2.05) is 42.5 Å². The number of hydrogen-bond donors (Lipinski definition) is 2. The number of aromatic nitrogens is 1. The number of carbonyl (C=O) groups excluding carboxylic acids is 1. The van der Waals surface area contributed by atoms with E-state index in [1.54, 1.807) is 17.5 Å². The first kappa shape index (κ1) is 16.6. The zero-order valence-corrected chi connectivity index (χ0v) is 13.5. The van der Waals surface area contributed by atoms with Gasteiger partial charge in [0.1, 0.15) is 6.04 Å². The molecule has 24 heavy (non-hydrogen) atoms. The van der Waals surface area contributed by atoms with Crippen LogP contribution in [-0.4, -0.2) is 41.7 Å². The van der Waals surface area contributed by atoms with Crippen LogP contribution in [0.4, 0.5) is 0 Å². The lowest BCUT2D eigenvalue weighted by atomic mass is 10.1. The Morgan fingerprint density at radius 3 is 2.79 bits per heavy atom. The quantitative estimate of drug-likeness (QED) is 0.855. The van der Waals surface area contributed by atoms with Gasteiger partial charge in [-0.1, -0.05) is 30.3 Å². The molecule has 6 nitrogen and oxygen atoms in total. The Labute approximate surface area is 141 Å². The molecule has 1 aromatic carbocycles. The highest BCUT2D eigenvalue weighted by Gasteiger charge is 2.29. The Morgan fingerprint density at radius 2 is 2.04 bits per heavy atom. The summed E-state index contributed by atoms with van der Waals surface area (Å²) in [6.45, 7) is 2.10. The van der Waals surface area contributed by atoms with Gasteiger partial charge in [0.05, 0.1) is 6.04 Å². The fraction of sp³-hybridized carbons (Fsp3) is 0.333. The Morgan fingerprint density at radius 1 is 1.29 bits per heavy atom. The van der Waals surface area contributed by atoms with Gasteiger partial charge in [-0.2, -0.15) is 0 Å². The summed E-state index contributed by atoms with van der Waals surface area (Å²) in [5, 5.41) is 5.04. The lowest BCUT2D eigenvalue weighted by Gasteiger charge is -2.35. The summed E-state index contributed by atoms with van der Waals surface area (Å²) in [5.74, 6) is -0.403. The number of nitrogens with two attached hydrogens (primary N) is 1. The van der Waals surface area contributed by atoms with Gasteiger partial charge in [0.25, 0.3) is 0 Å². The van der Waals surface area contributed by atoms with Crippen molar-refractivity contribution in [2.45, 2.75) is 18.5 Å². The average molecular weight is 326 g/mol. The molecule has 1 fully saturated rings. The molecule has 3 N–H and O–H groups in total. The SMILES string of the molecule is N[C@@H](Cc1ccccc1)C(=O)ON1CCNCC1c1ccncc1. The van der Waals surface area contributed by atoms with Gasteiger partial charge in [-0.25, -0.2) is 4.79 Å². The molecule has 2 heterocycles. The highest BCUT2D eigenvalue weighted by molar-refractivity contribution is 5.75. The van der Waals surface area contributed by atoms with Crippen LogP contribution in [0.1, 0.15) is 17.2 Å². The molecule has 0 spiro atoms. The van der Waals surface area contributed by atoms with Crippen molar-refractivity contribution < 1.29 is 9.63 Å². The van der Waals surface area contributed by atoms with E-state index in [9.17, 15) is 4.79 Å². The molecule has 6 heteroatoms. The monoisotopic (exact) mass is 326 g/mol. The molecule has 2 atom stereocenters. The highest BCUT2D eigenvalue weighted by atomic mass is 16.7. The third kappa shape index (κ3) is 4.17. The van der Waals surface area contributed by atoms with Crippen molar-refractivity contribution in [3.05, 3.63) is 66.0 Å². The van der Waals surface area contributed by atoms with E-state index in [2.05, 4.69) is 10.3 Å². The van der Waals surface area contributed by atoms with Crippen LogP contribution >= 0.6 is 0 Å². The summed E-state index contributed by atoms with van der Waals surface area (Å²) in [5.41, 5.74) is 8.10. The third-order valence-electron chi connectivity index (χ3n) is 4.09. The van der Waals surface area contributed by atoms with Gasteiger partial charge in [0.15, 0.2) is 0 Å². The minimum atomic E-state index is -0.680. The van der Waals surface area contributed by atoms with Crippen molar-refractivity contribution in [1.82, 2.24) is 15.4 Å². The summed E-state index contributed by atoms with van der Waals surface area (Å²) < 4.78 is 0. The maximum atomic E-state index is 12.4. The van der Waals surface area contributed by atoms with E-state index in [0.717, 1.165) is 17.7 Å². The van der Waals surface area contributed by atoms with E-state index in [1.165, 1.54) is 0 Å². The molecule has 0 amide bonds. The summed E-state index contributed by atoms with van der Waals surface area (Å²) in [6.07, 6.45) is 3.95. The molecule has 126 valence electrons. The largest absolute Gasteiger partial charge is 0.366 e. The van der Waals surface area contributed by atoms with E-state index in [0.29, 0.717) is 19.5 Å². The van der Waals surface area contributed by atoms with E-state index < -0.39 is 12.0 Å². The van der Waals surface area contributed by atoms with Crippen LogP contribution in [-0.2, 0) is 16.1 Å². The van der Waals surface area contributed by atoms with Gasteiger partial charge in [-0.05, 0) is 29.7 Å². The van der Waals surface area contributed by atoms with Crippen molar-refractivity contribution >= 4 is 5.97 Å². The van der Waals surface area contributed by atoms with Crippen LogP contribution in [0.15, 0.2) is 54.9 Å². The molecule has 2 aromatic rings. The predicted octanol–water partition coefficient (Wildman–Crippen LogP) is 1.06. The topological polar surface area (TPSA) is 80.5 Å². The minimum absolute atomic E-state index is 0.0328. The first-order chi connectivity index (χ1) is 11.7. The number of benzene rings is 1. The first-order valence-corrected chi connectivity index (χ1v) is 8.12. The van der Waals surface area contributed by atoms with E-state index in [4.69, 9.17) is 10.6 Å². The van der Waals surface area contributed by atoms with Crippen molar-refractivity contribution in [3.8, 4) is 0 Å². The van der Waals surface area contributed by atoms with E-state index >= 15 is 0 Å². The minimum Gasteiger partial charge on any atom is -0.366 e. The smallest absolute Gasteiger partial charge is 0.342 e. The Bertz CT molecular complexity index is 651. The molecule has 1 aliphatic heterocycles. The van der Waals surface area contributed by atoms with Crippen LogP contribution in [0.25, 0.3) is 0 Å². The molecule has 1 unspecified atom stereocenters. The second-order valence-electron chi connectivity index (χ2n) is 5.85. The molecule has 1 aliphatic rings. The van der Waals surface area contributed by atoms with E-state index in [-0.39, 0.29) is 6.04 Å². The van der Waals surface area contributed by atoms with Gasteiger partial charge >= 0.3 is 5.97 Å². The number of nitrogens with one attached hydrogen (secondary N) is 1. The summed E-state index contributed by atoms with van der Waals surface area (Å²) in [4.78, 5) is 22.0. The second kappa shape index (κ2) is 8.01. The van der Waals surface area contributed by atoms with Crippen LogP contribution in [0.2, 0.25) is 0 Å². The molecule has 0 saturated carbocycles. The van der Waals surface area contributed by atoms with Crippen LogP contribution in [0, 0.1) is 0 Å². The maximum absolute atomic E-state index is 12.4. The molecular weight excluding hydrogens is 304 g/mol. The van der Waals surface area contributed by atoms with Crippen molar-refractivity contribution in [2.24, 2.45) is 5.73 Å². The van der Waals surface area contributed by atoms with Crippen molar-refractivity contribution in [1.29, 1.82) is 0 Å². The lowest BCUT2D eigenvalue weighted by Crippen LogP contribution is -2.49. The summed E-state index contributed by atoms with van der Waals surface area (Å²) >= 11 is 0. The van der Waals surface area contributed by atoms with Crippen LogP contribution in [0.3, 0.4) is 0 Å². The summed E-state index contributed by atoms with van der Waals surface area (Å²) in [7, 11) is 0. The van der Waals surface area contributed by atoms with Crippen molar-refractivity contribution in [2.75, 3.05) is 19.6 Å². The standard InChI is InChI=1S/C18H22N4O2/c19-16(12-14-4-2-1-3-5-14)18(23)24-22-11-10-21-13-17(22)15-6-8-20-9-7-15/h1-9,16-17,21H,10-13,19H2/t16-,17?/m0/s1. The molecule has 0 aliphatic carbocycles. The number of carbonyl (C=O) groups is 1. The third-order valence-corrected chi connectivity index (χ3v) is 4.09. The van der Waals surface area contributed by atoms with Crippen molar-refractivity contribution in [3.63, 3.8) is 0 Å². The number of hydrogen-bond acceptors (Lipinski definition) is 6. The first-order valence-electron chi connectivity index (χ1n) is 8.12. The van der Waals surface area contributed by atoms with Gasteiger partial charge in [-0.3, -0.25) is 4.98 Å². The molecular formula is C18H22N4O2. The zero-order valence-electron chi connectivity index (χ0n) is 13.5.